The highest BCUT2D eigenvalue weighted by Gasteiger charge is 2.18. The van der Waals surface area contributed by atoms with Gasteiger partial charge < -0.3 is 9.13 Å². The van der Waals surface area contributed by atoms with Crippen molar-refractivity contribution in [2.24, 2.45) is 0 Å². The van der Waals surface area contributed by atoms with Crippen LogP contribution in [-0.4, -0.2) is 29.1 Å². The quantitative estimate of drug-likeness (QED) is 0.562. The highest BCUT2D eigenvalue weighted by Crippen LogP contribution is 2.24. The fraction of sp³-hybridized carbons (Fsp3) is 0.278. The van der Waals surface area contributed by atoms with E-state index in [1.54, 1.807) is 12.5 Å². The molecule has 0 saturated carbocycles. The van der Waals surface area contributed by atoms with Gasteiger partial charge in [-0.3, -0.25) is 9.78 Å². The maximum atomic E-state index is 12.2. The monoisotopic (exact) mass is 350 g/mol. The second kappa shape index (κ2) is 6.21. The maximum absolute atomic E-state index is 12.2. The number of hydrogen-bond donors (Lipinski definition) is 1. The summed E-state index contributed by atoms with van der Waals surface area (Å²) in [6.45, 7) is 5.41. The van der Waals surface area contributed by atoms with Gasteiger partial charge in [-0.2, -0.15) is 4.98 Å². The molecule has 0 fully saturated rings. The van der Waals surface area contributed by atoms with E-state index in [9.17, 15) is 9.59 Å². The van der Waals surface area contributed by atoms with Crippen molar-refractivity contribution in [1.82, 2.24) is 29.1 Å². The van der Waals surface area contributed by atoms with Crippen LogP contribution in [-0.2, 0) is 13.1 Å². The molecule has 0 radical (unpaired) electrons. The Morgan fingerprint density at radius 2 is 1.88 bits per heavy atom. The molecule has 2 aromatic rings. The predicted molar refractivity (Wildman–Crippen MR) is 97.4 cm³/mol. The molecule has 0 aliphatic carbocycles. The molecule has 1 aromatic carbocycles. The number of aryl methyl sites for hydroxylation is 4. The molecule has 3 heterocycles. The lowest BCUT2D eigenvalue weighted by molar-refractivity contribution is 0.568. The molecule has 2 aliphatic heterocycles. The van der Waals surface area contributed by atoms with E-state index in [1.165, 1.54) is 0 Å². The molecule has 1 aromatic heterocycles. The number of imidazole rings is 1. The third kappa shape index (κ3) is 2.79. The second-order valence-electron chi connectivity index (χ2n) is 6.39. The van der Waals surface area contributed by atoms with E-state index in [2.05, 4.69) is 19.9 Å². The fourth-order valence-electron chi connectivity index (χ4n) is 3.11. The molecule has 132 valence electrons. The van der Waals surface area contributed by atoms with Crippen molar-refractivity contribution in [3.63, 3.8) is 0 Å². The fourth-order valence-corrected chi connectivity index (χ4v) is 3.11. The average Bonchev–Trinajstić information content (AvgIpc) is 3.10. The molecular formula is C18H18N6O2. The number of H-pyrrole nitrogens is 1. The van der Waals surface area contributed by atoms with Crippen LogP contribution >= 0.6 is 0 Å². The van der Waals surface area contributed by atoms with Crippen LogP contribution in [0.4, 0.5) is 0 Å². The summed E-state index contributed by atoms with van der Waals surface area (Å²) in [6.07, 6.45) is 6.20. The molecule has 0 bridgehead atoms. The first kappa shape index (κ1) is 16.2. The van der Waals surface area contributed by atoms with Crippen molar-refractivity contribution in [2.75, 3.05) is 0 Å². The molecule has 0 unspecified atom stereocenters. The summed E-state index contributed by atoms with van der Waals surface area (Å²) in [5.74, 6) is 0.320. The minimum absolute atomic E-state index is 0.183. The van der Waals surface area contributed by atoms with Gasteiger partial charge in [-0.25, -0.2) is 14.8 Å². The van der Waals surface area contributed by atoms with Crippen LogP contribution in [0.1, 0.15) is 17.5 Å². The first-order valence-corrected chi connectivity index (χ1v) is 8.40. The first-order chi connectivity index (χ1) is 12.5. The Labute approximate surface area is 148 Å². The molecule has 2 aliphatic rings. The molecule has 8 nitrogen and oxygen atoms in total. The summed E-state index contributed by atoms with van der Waals surface area (Å²) in [6, 6.07) is 3.99. The topological polar surface area (TPSA) is 98.5 Å². The van der Waals surface area contributed by atoms with Gasteiger partial charge in [-0.05, 0) is 43.5 Å². The smallest absolute Gasteiger partial charge is 0.337 e. The average molecular weight is 350 g/mol. The number of nitrogens with one attached hydrogen (secondary N) is 1. The number of aromatic amines is 1. The lowest BCUT2D eigenvalue weighted by atomic mass is 10.1. The largest absolute Gasteiger partial charge is 0.349 e. The highest BCUT2D eigenvalue weighted by atomic mass is 16.2. The van der Waals surface area contributed by atoms with Crippen molar-refractivity contribution >= 4 is 11.0 Å². The van der Waals surface area contributed by atoms with Crippen molar-refractivity contribution in [2.45, 2.75) is 33.4 Å². The highest BCUT2D eigenvalue weighted by molar-refractivity contribution is 5.81. The molecule has 0 saturated heterocycles. The van der Waals surface area contributed by atoms with E-state index < -0.39 is 11.2 Å². The number of benzene rings is 1. The van der Waals surface area contributed by atoms with Crippen molar-refractivity contribution < 1.29 is 0 Å². The van der Waals surface area contributed by atoms with Gasteiger partial charge in [0.15, 0.2) is 11.5 Å². The minimum atomic E-state index is -0.657. The van der Waals surface area contributed by atoms with Crippen LogP contribution in [0.25, 0.3) is 22.6 Å². The molecule has 0 amide bonds. The minimum Gasteiger partial charge on any atom is -0.337 e. The third-order valence-corrected chi connectivity index (χ3v) is 4.58. The summed E-state index contributed by atoms with van der Waals surface area (Å²) < 4.78 is 3.90. The molecular weight excluding hydrogens is 332 g/mol. The zero-order chi connectivity index (χ0) is 18.3. The van der Waals surface area contributed by atoms with Crippen molar-refractivity contribution in [3.8, 4) is 11.5 Å². The van der Waals surface area contributed by atoms with E-state index in [1.807, 2.05) is 41.3 Å². The number of rotatable bonds is 4. The van der Waals surface area contributed by atoms with Gasteiger partial charge in [0, 0.05) is 25.5 Å². The van der Waals surface area contributed by atoms with Crippen LogP contribution in [0.15, 0.2) is 40.4 Å². The Kier molecular flexibility index (Phi) is 3.87. The summed E-state index contributed by atoms with van der Waals surface area (Å²) in [4.78, 5) is 38.7. The molecule has 0 spiro atoms. The van der Waals surface area contributed by atoms with Crippen LogP contribution in [0, 0.1) is 13.8 Å². The van der Waals surface area contributed by atoms with Crippen LogP contribution in [0.2, 0.25) is 0 Å². The van der Waals surface area contributed by atoms with Gasteiger partial charge in [0.25, 0.3) is 5.56 Å². The zero-order valence-corrected chi connectivity index (χ0v) is 14.6. The van der Waals surface area contributed by atoms with Gasteiger partial charge in [0.2, 0.25) is 0 Å². The standard InChI is InChI=1S/C18H18N6O2/c1-11-8-13-14(9-12(11)2)24(6-3-5-23-7-4-19-10-23)16-15(20-13)17(25)22-18(26)21-16/h4,7-10H,3,5-6H2,1-2H3,(H,22,25,26). The number of aromatic nitrogens is 6. The van der Waals surface area contributed by atoms with Crippen LogP contribution in [0.5, 0.6) is 0 Å². The Balaban J connectivity index is 1.89. The molecule has 4 rings (SSSR count). The number of hydrogen-bond acceptors (Lipinski definition) is 5. The van der Waals surface area contributed by atoms with E-state index in [0.29, 0.717) is 17.9 Å². The zero-order valence-electron chi connectivity index (χ0n) is 14.6. The lowest BCUT2D eigenvalue weighted by Crippen LogP contribution is -2.29. The summed E-state index contributed by atoms with van der Waals surface area (Å²) in [5, 5.41) is 0. The summed E-state index contributed by atoms with van der Waals surface area (Å²) >= 11 is 0. The van der Waals surface area contributed by atoms with Crippen LogP contribution in [0.3, 0.4) is 0 Å². The SMILES string of the molecule is Cc1cc2nc3c(=O)[nH]c(=O)nc-3n(CCCn3ccnc3)c2cc1C. The Morgan fingerprint density at radius 3 is 2.65 bits per heavy atom. The number of nitrogens with zero attached hydrogens (tertiary/aromatic N) is 5. The normalized spacial score (nSPS) is 11.5. The van der Waals surface area contributed by atoms with E-state index in [-0.39, 0.29) is 5.69 Å². The van der Waals surface area contributed by atoms with Crippen molar-refractivity contribution in [3.05, 3.63) is 62.8 Å². The van der Waals surface area contributed by atoms with Gasteiger partial charge in [-0.15, -0.1) is 0 Å². The second-order valence-corrected chi connectivity index (χ2v) is 6.39. The van der Waals surface area contributed by atoms with Crippen molar-refractivity contribution in [1.29, 1.82) is 0 Å². The van der Waals surface area contributed by atoms with Gasteiger partial charge in [-0.1, -0.05) is 0 Å². The Hall–Kier alpha value is -3.29. The van der Waals surface area contributed by atoms with E-state index >= 15 is 0 Å². The van der Waals surface area contributed by atoms with Gasteiger partial charge in [0.1, 0.15) is 0 Å². The van der Waals surface area contributed by atoms with E-state index in [4.69, 9.17) is 0 Å². The number of fused-ring (bicyclic) bond motifs is 2. The third-order valence-electron chi connectivity index (χ3n) is 4.58. The Bertz CT molecular complexity index is 1170. The lowest BCUT2D eigenvalue weighted by Gasteiger charge is -2.17. The van der Waals surface area contributed by atoms with Gasteiger partial charge in [0.05, 0.1) is 17.4 Å². The van der Waals surface area contributed by atoms with E-state index in [0.717, 1.165) is 29.6 Å². The molecule has 0 atom stereocenters. The van der Waals surface area contributed by atoms with Crippen LogP contribution < -0.4 is 11.2 Å². The molecule has 8 heteroatoms. The maximum Gasteiger partial charge on any atom is 0.349 e. The Morgan fingerprint density at radius 1 is 1.08 bits per heavy atom. The molecule has 26 heavy (non-hydrogen) atoms. The first-order valence-electron chi connectivity index (χ1n) is 8.40. The molecule has 1 N–H and O–H groups in total. The van der Waals surface area contributed by atoms with Gasteiger partial charge >= 0.3 is 5.69 Å². The summed E-state index contributed by atoms with van der Waals surface area (Å²) in [5.41, 5.74) is 2.81. The summed E-state index contributed by atoms with van der Waals surface area (Å²) in [7, 11) is 0. The predicted octanol–water partition coefficient (Wildman–Crippen LogP) is 1.49.